The molecule has 0 saturated carbocycles. The quantitative estimate of drug-likeness (QED) is 0.219. The number of aromatic nitrogens is 8. The number of halogens is 6. The molecule has 0 aliphatic carbocycles. The Kier molecular flexibility index (Phi) is 10.4. The second-order valence-electron chi connectivity index (χ2n) is 10.9. The molecule has 49 heavy (non-hydrogen) atoms. The van der Waals surface area contributed by atoms with Crippen molar-refractivity contribution in [3.05, 3.63) is 86.5 Å². The molecule has 13 nitrogen and oxygen atoms in total. The third-order valence-corrected chi connectivity index (χ3v) is 8.35. The molecule has 6 rings (SSSR count). The number of nitrogens with zero attached hydrogens (tertiary/aromatic N) is 8. The zero-order valence-corrected chi connectivity index (χ0v) is 27.8. The zero-order chi connectivity index (χ0) is 35.6. The van der Waals surface area contributed by atoms with Crippen molar-refractivity contribution < 1.29 is 27.9 Å². The van der Waals surface area contributed by atoms with Gasteiger partial charge in [-0.05, 0) is 43.2 Å². The molecule has 1 aliphatic rings. The molecule has 4 aromatic heterocycles. The Hall–Kier alpha value is -4.80. The molecule has 0 radical (unpaired) electrons. The molecule has 2 bridgehead atoms. The van der Waals surface area contributed by atoms with Gasteiger partial charge in [-0.1, -0.05) is 53.4 Å². The van der Waals surface area contributed by atoms with Crippen molar-refractivity contribution >= 4 is 52.4 Å². The maximum Gasteiger partial charge on any atom is 0.490 e. The van der Waals surface area contributed by atoms with Gasteiger partial charge in [0.15, 0.2) is 5.15 Å². The van der Waals surface area contributed by atoms with E-state index in [0.717, 1.165) is 11.3 Å². The highest BCUT2D eigenvalue weighted by Gasteiger charge is 2.38. The van der Waals surface area contributed by atoms with Gasteiger partial charge in [0.05, 0.1) is 53.2 Å². The number of anilines is 1. The Morgan fingerprint density at radius 3 is 2.49 bits per heavy atom. The smallest absolute Gasteiger partial charge is 0.475 e. The maximum absolute atomic E-state index is 13.9. The van der Waals surface area contributed by atoms with Crippen molar-refractivity contribution in [3.63, 3.8) is 0 Å². The molecular weight excluding hydrogens is 714 g/mol. The number of rotatable bonds is 3. The van der Waals surface area contributed by atoms with Gasteiger partial charge < -0.3 is 10.4 Å². The summed E-state index contributed by atoms with van der Waals surface area (Å²) in [6.45, 7) is 1.88. The fourth-order valence-electron chi connectivity index (χ4n) is 5.20. The van der Waals surface area contributed by atoms with Gasteiger partial charge in [-0.15, -0.1) is 5.10 Å². The number of pyridine rings is 1. The predicted octanol–water partition coefficient (Wildman–Crippen LogP) is 6.23. The van der Waals surface area contributed by atoms with E-state index in [4.69, 9.17) is 44.7 Å². The van der Waals surface area contributed by atoms with Crippen molar-refractivity contribution in [2.24, 2.45) is 13.0 Å². The molecule has 1 aliphatic heterocycles. The number of carbonyl (C=O) groups is 2. The van der Waals surface area contributed by atoms with E-state index in [-0.39, 0.29) is 27.7 Å². The van der Waals surface area contributed by atoms with Gasteiger partial charge in [0.2, 0.25) is 5.91 Å². The standard InChI is InChI=1S/C28H24Cl3N9O2.C2HF3O2/c1-15-4-3-5-22(19-10-16(8-9-32-19)26-20(35-27(15)41)12-34-38(26)2)39-14-33-25(24(31)28(39)42)18-11-17(29)6-7-21(18)40-13-23(30)36-37-40;3-2(4,5)1(6)7/h6-15,22H,3-5H2,1-2H3,(H,35,41);(H,6,7)/t15-,22+;/m1./s1. The monoisotopic (exact) mass is 737 g/mol. The number of aryl methyl sites for hydroxylation is 1. The van der Waals surface area contributed by atoms with E-state index in [1.165, 1.54) is 21.8 Å². The third kappa shape index (κ3) is 7.76. The second-order valence-corrected chi connectivity index (χ2v) is 12.1. The van der Waals surface area contributed by atoms with Gasteiger partial charge >= 0.3 is 12.1 Å². The van der Waals surface area contributed by atoms with Crippen LogP contribution in [-0.4, -0.2) is 62.5 Å². The summed E-state index contributed by atoms with van der Waals surface area (Å²) in [5, 5.41) is 22.9. The van der Waals surface area contributed by atoms with Gasteiger partial charge in [0.1, 0.15) is 5.02 Å². The summed E-state index contributed by atoms with van der Waals surface area (Å²) in [6, 6.07) is 8.32. The van der Waals surface area contributed by atoms with E-state index in [0.29, 0.717) is 46.9 Å². The van der Waals surface area contributed by atoms with Crippen molar-refractivity contribution in [3.8, 4) is 28.2 Å². The van der Waals surface area contributed by atoms with Crippen LogP contribution in [0.2, 0.25) is 15.2 Å². The molecule has 0 fully saturated rings. The highest BCUT2D eigenvalue weighted by atomic mass is 35.5. The maximum atomic E-state index is 13.9. The molecular formula is C30H25Cl3F3N9O4. The number of carboxylic acids is 1. The van der Waals surface area contributed by atoms with Crippen LogP contribution in [0, 0.1) is 5.92 Å². The number of benzene rings is 1. The average molecular weight is 739 g/mol. The van der Waals surface area contributed by atoms with E-state index in [1.807, 2.05) is 26.1 Å². The topological polar surface area (TPSA) is 163 Å². The second kappa shape index (κ2) is 14.4. The summed E-state index contributed by atoms with van der Waals surface area (Å²) >= 11 is 19.1. The fraction of sp³-hybridized carbons (Fsp3) is 0.267. The first-order valence-corrected chi connectivity index (χ1v) is 15.5. The van der Waals surface area contributed by atoms with Crippen LogP contribution in [0.4, 0.5) is 18.9 Å². The minimum atomic E-state index is -5.08. The van der Waals surface area contributed by atoms with Crippen molar-refractivity contribution in [1.82, 2.24) is 39.3 Å². The predicted molar refractivity (Wildman–Crippen MR) is 174 cm³/mol. The number of amides is 1. The molecule has 2 atom stereocenters. The minimum Gasteiger partial charge on any atom is -0.475 e. The van der Waals surface area contributed by atoms with Gasteiger partial charge in [0.25, 0.3) is 5.56 Å². The highest BCUT2D eigenvalue weighted by molar-refractivity contribution is 6.33. The first kappa shape index (κ1) is 35.5. The van der Waals surface area contributed by atoms with Crippen LogP contribution in [0.1, 0.15) is 37.9 Å². The summed E-state index contributed by atoms with van der Waals surface area (Å²) < 4.78 is 36.4. The van der Waals surface area contributed by atoms with Gasteiger partial charge in [-0.2, -0.15) is 18.3 Å². The van der Waals surface area contributed by atoms with E-state index in [2.05, 4.69) is 30.7 Å². The van der Waals surface area contributed by atoms with Gasteiger partial charge in [-0.25, -0.2) is 14.5 Å². The summed E-state index contributed by atoms with van der Waals surface area (Å²) in [5.74, 6) is -3.10. The molecule has 1 aromatic carbocycles. The number of nitrogens with one attached hydrogen (secondary N) is 1. The van der Waals surface area contributed by atoms with Crippen LogP contribution in [-0.2, 0) is 16.6 Å². The Balaban J connectivity index is 0.000000606. The molecule has 0 spiro atoms. The van der Waals surface area contributed by atoms with Crippen LogP contribution in [0.5, 0.6) is 0 Å². The van der Waals surface area contributed by atoms with Gasteiger partial charge in [0, 0.05) is 35.3 Å². The van der Waals surface area contributed by atoms with E-state index < -0.39 is 23.7 Å². The average Bonchev–Trinajstić information content (AvgIpc) is 3.64. The molecule has 0 saturated heterocycles. The normalized spacial score (nSPS) is 16.4. The minimum absolute atomic E-state index is 0.0869. The van der Waals surface area contributed by atoms with Crippen molar-refractivity contribution in [2.75, 3.05) is 5.32 Å². The Labute approximate surface area is 290 Å². The van der Waals surface area contributed by atoms with E-state index in [9.17, 15) is 22.8 Å². The molecule has 2 N–H and O–H groups in total. The van der Waals surface area contributed by atoms with Gasteiger partial charge in [-0.3, -0.25) is 23.8 Å². The van der Waals surface area contributed by atoms with Crippen LogP contribution in [0.15, 0.2) is 60.0 Å². The number of alkyl halides is 3. The number of hydrogen-bond acceptors (Lipinski definition) is 8. The fourth-order valence-corrected chi connectivity index (χ4v) is 5.74. The lowest BCUT2D eigenvalue weighted by atomic mass is 9.97. The summed E-state index contributed by atoms with van der Waals surface area (Å²) in [5.41, 5.74) is 3.63. The lowest BCUT2D eigenvalue weighted by Gasteiger charge is -2.22. The highest BCUT2D eigenvalue weighted by Crippen LogP contribution is 2.35. The van der Waals surface area contributed by atoms with E-state index in [1.54, 1.807) is 35.3 Å². The van der Waals surface area contributed by atoms with Crippen LogP contribution >= 0.6 is 34.8 Å². The summed E-state index contributed by atoms with van der Waals surface area (Å²) in [7, 11) is 1.81. The van der Waals surface area contributed by atoms with Crippen molar-refractivity contribution in [2.45, 2.75) is 38.4 Å². The number of fused-ring (bicyclic) bond motifs is 4. The zero-order valence-electron chi connectivity index (χ0n) is 25.5. The van der Waals surface area contributed by atoms with Crippen LogP contribution in [0.25, 0.3) is 28.2 Å². The summed E-state index contributed by atoms with van der Waals surface area (Å²) in [6.07, 6.45) is 3.03. The number of carbonyl (C=O) groups excluding carboxylic acids is 1. The lowest BCUT2D eigenvalue weighted by Crippen LogP contribution is -2.28. The third-order valence-electron chi connectivity index (χ3n) is 7.60. The molecule has 0 unspecified atom stereocenters. The Bertz CT molecular complexity index is 2100. The first-order valence-electron chi connectivity index (χ1n) is 14.4. The molecule has 5 aromatic rings. The Morgan fingerprint density at radius 1 is 1.08 bits per heavy atom. The lowest BCUT2D eigenvalue weighted by molar-refractivity contribution is -0.192. The summed E-state index contributed by atoms with van der Waals surface area (Å²) in [4.78, 5) is 45.0. The van der Waals surface area contributed by atoms with Crippen molar-refractivity contribution in [1.29, 1.82) is 0 Å². The van der Waals surface area contributed by atoms with Crippen LogP contribution in [0.3, 0.4) is 0 Å². The SMILES string of the molecule is C[C@@H]1CCC[C@H](n2cnc(-c3cc(Cl)ccc3-n3cc(Cl)nn3)c(Cl)c2=O)c2cc(ccn2)-c2c(cnn2C)NC1=O.O=C(O)C(F)(F)F. The number of carboxylic acid groups (broad SMARTS) is 1. The Morgan fingerprint density at radius 2 is 1.82 bits per heavy atom. The molecule has 5 heterocycles. The molecule has 19 heteroatoms. The largest absolute Gasteiger partial charge is 0.490 e. The number of aliphatic carboxylic acids is 1. The molecule has 256 valence electrons. The number of hydrogen-bond donors (Lipinski definition) is 2. The van der Waals surface area contributed by atoms with Crippen LogP contribution < -0.4 is 10.9 Å². The molecule has 1 amide bonds. The van der Waals surface area contributed by atoms with E-state index >= 15 is 0 Å². The first-order chi connectivity index (χ1) is 23.1.